The van der Waals surface area contributed by atoms with Gasteiger partial charge in [-0.25, -0.2) is 9.98 Å². The minimum absolute atomic E-state index is 0. The number of aliphatic imine (C=N–C) groups is 1. The van der Waals surface area contributed by atoms with E-state index < -0.39 is 0 Å². The van der Waals surface area contributed by atoms with Gasteiger partial charge in [-0.2, -0.15) is 5.10 Å². The highest BCUT2D eigenvalue weighted by molar-refractivity contribution is 14.0. The van der Waals surface area contributed by atoms with Crippen LogP contribution in [0.15, 0.2) is 11.3 Å². The Morgan fingerprint density at radius 1 is 1.35 bits per heavy atom. The van der Waals surface area contributed by atoms with Crippen molar-refractivity contribution in [3.63, 3.8) is 0 Å². The van der Waals surface area contributed by atoms with Crippen LogP contribution in [0.3, 0.4) is 0 Å². The maximum Gasteiger partial charge on any atom is 0.191 e. The first-order valence-electron chi connectivity index (χ1n) is 8.05. The number of aryl methyl sites for hydroxylation is 1. The van der Waals surface area contributed by atoms with Crippen molar-refractivity contribution in [1.82, 2.24) is 25.4 Å². The number of ether oxygens (including phenoxy) is 1. The van der Waals surface area contributed by atoms with Crippen LogP contribution < -0.4 is 10.6 Å². The number of rotatable bonds is 9. The zero-order chi connectivity index (χ0) is 16.4. The molecule has 0 bridgehead atoms. The second kappa shape index (κ2) is 12.5. The summed E-state index contributed by atoms with van der Waals surface area (Å²) < 4.78 is 7.49. The fourth-order valence-corrected chi connectivity index (χ4v) is 2.11. The lowest BCUT2D eigenvalue weighted by Crippen LogP contribution is -2.39. The minimum Gasteiger partial charge on any atom is -0.378 e. The molecule has 1 atom stereocenters. The molecule has 7 nitrogen and oxygen atoms in total. The lowest BCUT2D eigenvalue weighted by molar-refractivity contribution is 0.0258. The Kier molecular flexibility index (Phi) is 12.0. The molecule has 2 N–H and O–H groups in total. The fourth-order valence-electron chi connectivity index (χ4n) is 2.11. The molecule has 1 aromatic heterocycles. The number of nitrogens with zero attached hydrogens (tertiary/aromatic N) is 4. The third-order valence-electron chi connectivity index (χ3n) is 3.37. The average molecular weight is 438 g/mol. The first kappa shape index (κ1) is 22.1. The van der Waals surface area contributed by atoms with Crippen LogP contribution in [0.5, 0.6) is 0 Å². The SMILES string of the molecule is CCNC(=NCc1ncnn1C)NCCC(OCC)C(C)C.I. The Hall–Kier alpha value is -0.900. The van der Waals surface area contributed by atoms with E-state index in [1.165, 1.54) is 0 Å². The molecule has 0 aliphatic heterocycles. The second-order valence-corrected chi connectivity index (χ2v) is 5.45. The summed E-state index contributed by atoms with van der Waals surface area (Å²) in [6, 6.07) is 0. The van der Waals surface area contributed by atoms with Gasteiger partial charge in [-0.05, 0) is 26.2 Å². The van der Waals surface area contributed by atoms with Crippen molar-refractivity contribution in [1.29, 1.82) is 0 Å². The summed E-state index contributed by atoms with van der Waals surface area (Å²) in [6.07, 6.45) is 2.78. The maximum atomic E-state index is 5.76. The van der Waals surface area contributed by atoms with Gasteiger partial charge >= 0.3 is 0 Å². The topological polar surface area (TPSA) is 76.4 Å². The molecule has 8 heteroatoms. The molecule has 0 spiro atoms. The average Bonchev–Trinajstić information content (AvgIpc) is 2.89. The maximum absolute atomic E-state index is 5.76. The highest BCUT2D eigenvalue weighted by atomic mass is 127. The molecule has 1 aromatic rings. The molecule has 0 aliphatic rings. The molecule has 0 aromatic carbocycles. The quantitative estimate of drug-likeness (QED) is 0.350. The predicted octanol–water partition coefficient (Wildman–Crippen LogP) is 1.94. The molecular weight excluding hydrogens is 407 g/mol. The Balaban J connectivity index is 0.00000484. The van der Waals surface area contributed by atoms with Crippen LogP contribution in [0.1, 0.15) is 39.9 Å². The Morgan fingerprint density at radius 2 is 2.09 bits per heavy atom. The molecule has 0 saturated heterocycles. The molecule has 0 radical (unpaired) electrons. The Labute approximate surface area is 156 Å². The molecule has 0 amide bonds. The van der Waals surface area contributed by atoms with Gasteiger partial charge in [0.05, 0.1) is 6.10 Å². The summed E-state index contributed by atoms with van der Waals surface area (Å²) in [6.45, 7) is 11.4. The first-order chi connectivity index (χ1) is 10.6. The smallest absolute Gasteiger partial charge is 0.191 e. The number of halogens is 1. The van der Waals surface area contributed by atoms with Crippen molar-refractivity contribution < 1.29 is 4.74 Å². The standard InChI is InChI=1S/C15H30N6O.HI/c1-6-16-15(18-10-14-19-11-20-21(14)5)17-9-8-13(12(3)4)22-7-2;/h11-13H,6-10H2,1-5H3,(H2,16,17,18);1H. The molecule has 0 fully saturated rings. The van der Waals surface area contributed by atoms with E-state index >= 15 is 0 Å². The van der Waals surface area contributed by atoms with Crippen LogP contribution >= 0.6 is 24.0 Å². The molecule has 1 rings (SSSR count). The number of guanidine groups is 1. The number of hydrogen-bond donors (Lipinski definition) is 2. The number of aromatic nitrogens is 3. The van der Waals surface area contributed by atoms with Gasteiger partial charge in [-0.1, -0.05) is 13.8 Å². The van der Waals surface area contributed by atoms with Crippen LogP contribution in [0.2, 0.25) is 0 Å². The van der Waals surface area contributed by atoms with Crippen molar-refractivity contribution in [2.75, 3.05) is 19.7 Å². The van der Waals surface area contributed by atoms with E-state index in [-0.39, 0.29) is 30.1 Å². The van der Waals surface area contributed by atoms with E-state index in [0.717, 1.165) is 37.9 Å². The van der Waals surface area contributed by atoms with Gasteiger partial charge in [-0.3, -0.25) is 4.68 Å². The number of nitrogens with one attached hydrogen (secondary N) is 2. The van der Waals surface area contributed by atoms with E-state index in [4.69, 9.17) is 4.74 Å². The molecule has 0 aliphatic carbocycles. The summed E-state index contributed by atoms with van der Waals surface area (Å²) >= 11 is 0. The largest absolute Gasteiger partial charge is 0.378 e. The molecular formula is C15H31IN6O. The van der Waals surface area contributed by atoms with E-state index in [9.17, 15) is 0 Å². The van der Waals surface area contributed by atoms with E-state index in [2.05, 4.69) is 46.5 Å². The Morgan fingerprint density at radius 3 is 2.61 bits per heavy atom. The highest BCUT2D eigenvalue weighted by Crippen LogP contribution is 2.09. The molecule has 1 heterocycles. The Bertz CT molecular complexity index is 449. The van der Waals surface area contributed by atoms with Crippen LogP contribution in [0, 0.1) is 5.92 Å². The third-order valence-corrected chi connectivity index (χ3v) is 3.37. The first-order valence-corrected chi connectivity index (χ1v) is 8.05. The van der Waals surface area contributed by atoms with Gasteiger partial charge in [0, 0.05) is 26.7 Å². The van der Waals surface area contributed by atoms with Gasteiger partial charge < -0.3 is 15.4 Å². The molecule has 1 unspecified atom stereocenters. The van der Waals surface area contributed by atoms with Gasteiger partial charge in [-0.15, -0.1) is 24.0 Å². The summed E-state index contributed by atoms with van der Waals surface area (Å²) in [4.78, 5) is 8.71. The van der Waals surface area contributed by atoms with E-state index in [1.807, 2.05) is 14.0 Å². The van der Waals surface area contributed by atoms with E-state index in [1.54, 1.807) is 11.0 Å². The van der Waals surface area contributed by atoms with Gasteiger partial charge in [0.1, 0.15) is 18.7 Å². The predicted molar refractivity (Wildman–Crippen MR) is 104 cm³/mol. The lowest BCUT2D eigenvalue weighted by Gasteiger charge is -2.21. The van der Waals surface area contributed by atoms with Crippen LogP contribution in [-0.2, 0) is 18.3 Å². The normalized spacial score (nSPS) is 12.9. The number of hydrogen-bond acceptors (Lipinski definition) is 4. The van der Waals surface area contributed by atoms with Crippen LogP contribution in [0.4, 0.5) is 0 Å². The zero-order valence-electron chi connectivity index (χ0n) is 14.9. The van der Waals surface area contributed by atoms with Crippen LogP contribution in [-0.4, -0.2) is 46.5 Å². The molecule has 23 heavy (non-hydrogen) atoms. The minimum atomic E-state index is 0. The molecule has 0 saturated carbocycles. The second-order valence-electron chi connectivity index (χ2n) is 5.45. The summed E-state index contributed by atoms with van der Waals surface area (Å²) in [5.74, 6) is 2.15. The van der Waals surface area contributed by atoms with Crippen molar-refractivity contribution in [3.05, 3.63) is 12.2 Å². The van der Waals surface area contributed by atoms with Crippen molar-refractivity contribution in [2.24, 2.45) is 18.0 Å². The fraction of sp³-hybridized carbons (Fsp3) is 0.800. The van der Waals surface area contributed by atoms with Crippen molar-refractivity contribution >= 4 is 29.9 Å². The van der Waals surface area contributed by atoms with Gasteiger partial charge in [0.15, 0.2) is 5.96 Å². The summed E-state index contributed by atoms with van der Waals surface area (Å²) in [5, 5.41) is 10.6. The summed E-state index contributed by atoms with van der Waals surface area (Å²) in [7, 11) is 1.87. The highest BCUT2D eigenvalue weighted by Gasteiger charge is 2.13. The van der Waals surface area contributed by atoms with E-state index in [0.29, 0.717) is 12.5 Å². The lowest BCUT2D eigenvalue weighted by atomic mass is 10.0. The van der Waals surface area contributed by atoms with Gasteiger partial charge in [0.2, 0.25) is 0 Å². The third kappa shape index (κ3) is 8.50. The summed E-state index contributed by atoms with van der Waals surface area (Å²) in [5.41, 5.74) is 0. The van der Waals surface area contributed by atoms with Gasteiger partial charge in [0.25, 0.3) is 0 Å². The zero-order valence-corrected chi connectivity index (χ0v) is 17.2. The van der Waals surface area contributed by atoms with Crippen molar-refractivity contribution in [3.8, 4) is 0 Å². The molecule has 134 valence electrons. The monoisotopic (exact) mass is 438 g/mol. The van der Waals surface area contributed by atoms with Crippen molar-refractivity contribution in [2.45, 2.75) is 46.8 Å². The van der Waals surface area contributed by atoms with Crippen LogP contribution in [0.25, 0.3) is 0 Å².